The van der Waals surface area contributed by atoms with Crippen LogP contribution in [0.2, 0.25) is 5.15 Å². The maximum absolute atomic E-state index is 12.6. The largest absolute Gasteiger partial charge is 0.324 e. The molecule has 0 saturated carbocycles. The van der Waals surface area contributed by atoms with Crippen molar-refractivity contribution in [1.29, 1.82) is 0 Å². The molecule has 7 nitrogen and oxygen atoms in total. The molecule has 0 aliphatic carbocycles. The van der Waals surface area contributed by atoms with Gasteiger partial charge in [0.15, 0.2) is 9.84 Å². The number of halogens is 1. The van der Waals surface area contributed by atoms with Gasteiger partial charge in [0.05, 0.1) is 17.8 Å². The third-order valence-electron chi connectivity index (χ3n) is 3.31. The number of rotatable bonds is 4. The van der Waals surface area contributed by atoms with E-state index in [1.165, 1.54) is 15.2 Å². The van der Waals surface area contributed by atoms with Crippen molar-refractivity contribution >= 4 is 31.5 Å². The van der Waals surface area contributed by atoms with Crippen molar-refractivity contribution in [2.75, 3.05) is 18.1 Å². The fourth-order valence-electron chi connectivity index (χ4n) is 2.30. The van der Waals surface area contributed by atoms with E-state index < -0.39 is 25.9 Å². The third-order valence-corrected chi connectivity index (χ3v) is 7.58. The zero-order chi connectivity index (χ0) is 15.1. The summed E-state index contributed by atoms with van der Waals surface area (Å²) in [5, 5.41) is -0.211. The van der Waals surface area contributed by atoms with Gasteiger partial charge >= 0.3 is 0 Å². The quantitative estimate of drug-likeness (QED) is 0.784. The second kappa shape index (κ2) is 5.28. The molecule has 2 heterocycles. The number of sulfonamides is 1. The predicted molar refractivity (Wildman–Crippen MR) is 74.8 cm³/mol. The molecule has 0 spiro atoms. The van der Waals surface area contributed by atoms with E-state index in [-0.39, 0.29) is 28.2 Å². The molecule has 20 heavy (non-hydrogen) atoms. The number of aromatic nitrogens is 2. The summed E-state index contributed by atoms with van der Waals surface area (Å²) in [6, 6.07) is -0.548. The smallest absolute Gasteiger partial charge is 0.263 e. The molecule has 1 aliphatic rings. The predicted octanol–water partition coefficient (Wildman–Crippen LogP) is 0.271. The molecule has 0 radical (unpaired) electrons. The number of aryl methyl sites for hydroxylation is 1. The molecular formula is C10H16ClN3O4S2. The normalized spacial score (nSPS) is 22.5. The molecule has 0 amide bonds. The van der Waals surface area contributed by atoms with E-state index >= 15 is 0 Å². The number of imidazole rings is 1. The van der Waals surface area contributed by atoms with Crippen LogP contribution < -0.4 is 0 Å². The molecule has 1 atom stereocenters. The van der Waals surface area contributed by atoms with Crippen LogP contribution in [0.25, 0.3) is 0 Å². The van der Waals surface area contributed by atoms with Crippen LogP contribution in [-0.2, 0) is 26.9 Å². The number of hydrogen-bond acceptors (Lipinski definition) is 5. The van der Waals surface area contributed by atoms with Crippen molar-refractivity contribution in [3.05, 3.63) is 11.5 Å². The first-order valence-corrected chi connectivity index (χ1v) is 9.72. The van der Waals surface area contributed by atoms with Gasteiger partial charge in [-0.1, -0.05) is 18.5 Å². The van der Waals surface area contributed by atoms with E-state index in [9.17, 15) is 16.8 Å². The van der Waals surface area contributed by atoms with Gasteiger partial charge in [0.2, 0.25) is 5.03 Å². The summed E-state index contributed by atoms with van der Waals surface area (Å²) in [7, 11) is -5.46. The van der Waals surface area contributed by atoms with E-state index in [0.29, 0.717) is 6.42 Å². The lowest BCUT2D eigenvalue weighted by Crippen LogP contribution is -2.41. The Balaban J connectivity index is 2.39. The van der Waals surface area contributed by atoms with Crippen molar-refractivity contribution in [3.63, 3.8) is 0 Å². The minimum atomic E-state index is -3.89. The van der Waals surface area contributed by atoms with Crippen LogP contribution in [-0.4, -0.2) is 54.8 Å². The number of sulfone groups is 1. The van der Waals surface area contributed by atoms with Gasteiger partial charge < -0.3 is 4.57 Å². The summed E-state index contributed by atoms with van der Waals surface area (Å²) in [5.74, 6) is -0.135. The van der Waals surface area contributed by atoms with Gasteiger partial charge in [-0.25, -0.2) is 21.8 Å². The Labute approximate surface area is 123 Å². The molecule has 0 bridgehead atoms. The SMILES string of the molecule is CCN(C1CCS(=O)(=O)C1)S(=O)(=O)c1ncn(C)c1Cl. The second-order valence-electron chi connectivity index (χ2n) is 4.72. The van der Waals surface area contributed by atoms with Crippen LogP contribution >= 0.6 is 11.6 Å². The van der Waals surface area contributed by atoms with E-state index in [2.05, 4.69) is 4.98 Å². The van der Waals surface area contributed by atoms with Crippen molar-refractivity contribution in [2.45, 2.75) is 24.4 Å². The average molecular weight is 342 g/mol. The molecule has 2 rings (SSSR count). The van der Waals surface area contributed by atoms with Gasteiger partial charge in [-0.3, -0.25) is 0 Å². The third kappa shape index (κ3) is 2.72. The molecule has 0 N–H and O–H groups in total. The minimum Gasteiger partial charge on any atom is -0.324 e. The van der Waals surface area contributed by atoms with Gasteiger partial charge in [0.25, 0.3) is 10.0 Å². The molecule has 114 valence electrons. The van der Waals surface area contributed by atoms with Crippen LogP contribution in [0.1, 0.15) is 13.3 Å². The molecule has 1 aromatic rings. The fraction of sp³-hybridized carbons (Fsp3) is 0.700. The molecule has 1 saturated heterocycles. The zero-order valence-corrected chi connectivity index (χ0v) is 13.5. The molecule has 1 aromatic heterocycles. The summed E-state index contributed by atoms with van der Waals surface area (Å²) in [6.45, 7) is 1.84. The van der Waals surface area contributed by atoms with Crippen molar-refractivity contribution in [2.24, 2.45) is 7.05 Å². The molecular weight excluding hydrogens is 326 g/mol. The summed E-state index contributed by atoms with van der Waals surface area (Å²) >= 11 is 5.93. The first kappa shape index (κ1) is 15.7. The zero-order valence-electron chi connectivity index (χ0n) is 11.2. The van der Waals surface area contributed by atoms with E-state index in [1.807, 2.05) is 0 Å². The summed E-state index contributed by atoms with van der Waals surface area (Å²) < 4.78 is 50.8. The first-order valence-electron chi connectivity index (χ1n) is 6.08. The van der Waals surface area contributed by atoms with E-state index in [0.717, 1.165) is 0 Å². The van der Waals surface area contributed by atoms with Crippen LogP contribution in [0.15, 0.2) is 11.4 Å². The van der Waals surface area contributed by atoms with Gasteiger partial charge in [0.1, 0.15) is 5.15 Å². The van der Waals surface area contributed by atoms with Crippen molar-refractivity contribution in [1.82, 2.24) is 13.9 Å². The second-order valence-corrected chi connectivity index (χ2v) is 9.11. The lowest BCUT2D eigenvalue weighted by atomic mass is 10.3. The molecule has 10 heteroatoms. The minimum absolute atomic E-state index is 0.0135. The van der Waals surface area contributed by atoms with Gasteiger partial charge in [-0.15, -0.1) is 0 Å². The van der Waals surface area contributed by atoms with Crippen LogP contribution in [0.3, 0.4) is 0 Å². The molecule has 1 aliphatic heterocycles. The Morgan fingerprint density at radius 2 is 2.20 bits per heavy atom. The maximum atomic E-state index is 12.6. The topological polar surface area (TPSA) is 89.3 Å². The Morgan fingerprint density at radius 3 is 2.60 bits per heavy atom. The van der Waals surface area contributed by atoms with Crippen molar-refractivity contribution < 1.29 is 16.8 Å². The monoisotopic (exact) mass is 341 g/mol. The highest BCUT2D eigenvalue weighted by Gasteiger charge is 2.39. The van der Waals surface area contributed by atoms with Crippen LogP contribution in [0, 0.1) is 0 Å². The summed E-state index contributed by atoms with van der Waals surface area (Å²) in [5.41, 5.74) is 0. The fourth-order valence-corrected chi connectivity index (χ4v) is 6.19. The average Bonchev–Trinajstić information content (AvgIpc) is 2.84. The maximum Gasteiger partial charge on any atom is 0.263 e. The van der Waals surface area contributed by atoms with E-state index in [4.69, 9.17) is 11.6 Å². The highest BCUT2D eigenvalue weighted by Crippen LogP contribution is 2.27. The van der Waals surface area contributed by atoms with Gasteiger partial charge in [0, 0.05) is 19.6 Å². The van der Waals surface area contributed by atoms with Gasteiger partial charge in [-0.2, -0.15) is 4.31 Å². The number of nitrogens with zero attached hydrogens (tertiary/aromatic N) is 3. The van der Waals surface area contributed by atoms with Crippen molar-refractivity contribution in [3.8, 4) is 0 Å². The Hall–Kier alpha value is -0.640. The Bertz CT molecular complexity index is 711. The van der Waals surface area contributed by atoms with Crippen LogP contribution in [0.4, 0.5) is 0 Å². The Kier molecular flexibility index (Phi) is 4.16. The lowest BCUT2D eigenvalue weighted by molar-refractivity contribution is 0.353. The number of hydrogen-bond donors (Lipinski definition) is 0. The summed E-state index contributed by atoms with van der Waals surface area (Å²) in [4.78, 5) is 3.82. The molecule has 1 fully saturated rings. The van der Waals surface area contributed by atoms with Crippen LogP contribution in [0.5, 0.6) is 0 Å². The summed E-state index contributed by atoms with van der Waals surface area (Å²) in [6.07, 6.45) is 1.62. The highest BCUT2D eigenvalue weighted by atomic mass is 35.5. The lowest BCUT2D eigenvalue weighted by Gasteiger charge is -2.24. The molecule has 1 unspecified atom stereocenters. The van der Waals surface area contributed by atoms with E-state index in [1.54, 1.807) is 14.0 Å². The van der Waals surface area contributed by atoms with Gasteiger partial charge in [-0.05, 0) is 6.42 Å². The highest BCUT2D eigenvalue weighted by molar-refractivity contribution is 7.92. The Morgan fingerprint density at radius 1 is 1.55 bits per heavy atom. The first-order chi connectivity index (χ1) is 9.19. The standard InChI is InChI=1S/C10H16ClN3O4S2/c1-3-14(8-4-5-19(15,16)6-8)20(17,18)10-9(11)13(2)7-12-10/h7-8H,3-6H2,1-2H3. The molecule has 0 aromatic carbocycles.